The maximum atomic E-state index is 12.6. The summed E-state index contributed by atoms with van der Waals surface area (Å²) in [6.07, 6.45) is 3.70. The summed E-state index contributed by atoms with van der Waals surface area (Å²) >= 11 is 0. The fourth-order valence-corrected chi connectivity index (χ4v) is 2.73. The Morgan fingerprint density at radius 2 is 2.24 bits per heavy atom. The summed E-state index contributed by atoms with van der Waals surface area (Å²) in [6.45, 7) is 5.05. The van der Waals surface area contributed by atoms with Gasteiger partial charge in [0.2, 0.25) is 0 Å². The third-order valence-corrected chi connectivity index (χ3v) is 3.74. The van der Waals surface area contributed by atoms with Gasteiger partial charge in [0.15, 0.2) is 0 Å². The quantitative estimate of drug-likeness (QED) is 0.910. The van der Waals surface area contributed by atoms with Crippen molar-refractivity contribution in [1.82, 2.24) is 9.78 Å². The fourth-order valence-electron chi connectivity index (χ4n) is 2.73. The van der Waals surface area contributed by atoms with Crippen molar-refractivity contribution in [2.45, 2.75) is 32.7 Å². The lowest BCUT2D eigenvalue weighted by Gasteiger charge is -2.20. The SMILES string of the molecule is CC(C)n1nccc1NC(=O)c1cccc2c1CCCN2. The van der Waals surface area contributed by atoms with Gasteiger partial charge in [0.25, 0.3) is 5.91 Å². The number of rotatable bonds is 3. The molecule has 1 aromatic carbocycles. The number of aromatic nitrogens is 2. The molecule has 0 bridgehead atoms. The Morgan fingerprint density at radius 1 is 1.38 bits per heavy atom. The fraction of sp³-hybridized carbons (Fsp3) is 0.375. The van der Waals surface area contributed by atoms with Crippen molar-refractivity contribution in [1.29, 1.82) is 0 Å². The van der Waals surface area contributed by atoms with Gasteiger partial charge in [-0.15, -0.1) is 0 Å². The van der Waals surface area contributed by atoms with E-state index in [0.717, 1.165) is 42.0 Å². The Balaban J connectivity index is 1.88. The van der Waals surface area contributed by atoms with Gasteiger partial charge in [-0.2, -0.15) is 5.10 Å². The number of nitrogens with zero attached hydrogens (tertiary/aromatic N) is 2. The van der Waals surface area contributed by atoms with E-state index in [2.05, 4.69) is 15.7 Å². The summed E-state index contributed by atoms with van der Waals surface area (Å²) in [7, 11) is 0. The molecule has 3 rings (SSSR count). The topological polar surface area (TPSA) is 59.0 Å². The van der Waals surface area contributed by atoms with E-state index in [1.807, 2.05) is 42.8 Å². The molecular weight excluding hydrogens is 264 g/mol. The molecular formula is C16H20N4O. The zero-order valence-electron chi connectivity index (χ0n) is 12.4. The number of fused-ring (bicyclic) bond motifs is 1. The molecule has 0 spiro atoms. The van der Waals surface area contributed by atoms with Crippen molar-refractivity contribution >= 4 is 17.4 Å². The first-order chi connectivity index (χ1) is 10.2. The number of hydrogen-bond acceptors (Lipinski definition) is 3. The molecule has 1 amide bonds. The van der Waals surface area contributed by atoms with Crippen LogP contribution in [-0.2, 0) is 6.42 Å². The van der Waals surface area contributed by atoms with Crippen molar-refractivity contribution in [3.05, 3.63) is 41.6 Å². The molecule has 0 saturated carbocycles. The molecule has 5 nitrogen and oxygen atoms in total. The van der Waals surface area contributed by atoms with Crippen molar-refractivity contribution < 1.29 is 4.79 Å². The van der Waals surface area contributed by atoms with Gasteiger partial charge in [-0.25, -0.2) is 4.68 Å². The molecule has 0 fully saturated rings. The lowest BCUT2D eigenvalue weighted by atomic mass is 9.97. The largest absolute Gasteiger partial charge is 0.385 e. The van der Waals surface area contributed by atoms with E-state index in [4.69, 9.17) is 0 Å². The standard InChI is InChI=1S/C16H20N4O/c1-11(2)20-15(8-10-18-20)19-16(21)13-5-3-7-14-12(13)6-4-9-17-14/h3,5,7-8,10-11,17H,4,6,9H2,1-2H3,(H,19,21). The predicted octanol–water partition coefficient (Wildman–Crippen LogP) is 3.07. The van der Waals surface area contributed by atoms with Crippen LogP contribution in [0.1, 0.15) is 42.2 Å². The van der Waals surface area contributed by atoms with Crippen molar-refractivity contribution in [3.8, 4) is 0 Å². The van der Waals surface area contributed by atoms with E-state index in [-0.39, 0.29) is 11.9 Å². The van der Waals surface area contributed by atoms with Gasteiger partial charge in [0.05, 0.1) is 6.20 Å². The summed E-state index contributed by atoms with van der Waals surface area (Å²) in [5.41, 5.74) is 2.93. The number of hydrogen-bond donors (Lipinski definition) is 2. The first kappa shape index (κ1) is 13.7. The van der Waals surface area contributed by atoms with Crippen LogP contribution in [0.25, 0.3) is 0 Å². The van der Waals surface area contributed by atoms with Crippen LogP contribution in [0.15, 0.2) is 30.5 Å². The lowest BCUT2D eigenvalue weighted by molar-refractivity contribution is 0.102. The minimum atomic E-state index is -0.0713. The van der Waals surface area contributed by atoms with Gasteiger partial charge >= 0.3 is 0 Å². The third-order valence-electron chi connectivity index (χ3n) is 3.74. The smallest absolute Gasteiger partial charge is 0.257 e. The molecule has 0 saturated heterocycles. The Labute approximate surface area is 124 Å². The van der Waals surface area contributed by atoms with Crippen LogP contribution in [0, 0.1) is 0 Å². The highest BCUT2D eigenvalue weighted by molar-refractivity contribution is 6.05. The minimum absolute atomic E-state index is 0.0713. The molecule has 1 aliphatic heterocycles. The molecule has 2 aromatic rings. The Bertz CT molecular complexity index is 660. The third kappa shape index (κ3) is 2.63. The normalized spacial score (nSPS) is 13.7. The van der Waals surface area contributed by atoms with Crippen LogP contribution in [0.2, 0.25) is 0 Å². The van der Waals surface area contributed by atoms with Gasteiger partial charge in [-0.1, -0.05) is 6.07 Å². The maximum Gasteiger partial charge on any atom is 0.257 e. The van der Waals surface area contributed by atoms with E-state index in [9.17, 15) is 4.79 Å². The highest BCUT2D eigenvalue weighted by Gasteiger charge is 2.18. The number of carbonyl (C=O) groups is 1. The number of amides is 1. The second kappa shape index (κ2) is 5.60. The van der Waals surface area contributed by atoms with Crippen LogP contribution >= 0.6 is 0 Å². The van der Waals surface area contributed by atoms with E-state index < -0.39 is 0 Å². The maximum absolute atomic E-state index is 12.6. The average Bonchev–Trinajstić information content (AvgIpc) is 2.95. The van der Waals surface area contributed by atoms with Crippen LogP contribution in [-0.4, -0.2) is 22.2 Å². The summed E-state index contributed by atoms with van der Waals surface area (Å²) < 4.78 is 1.81. The second-order valence-corrected chi connectivity index (χ2v) is 5.57. The molecule has 5 heteroatoms. The average molecular weight is 284 g/mol. The Kier molecular flexibility index (Phi) is 3.64. The zero-order valence-corrected chi connectivity index (χ0v) is 12.4. The number of nitrogens with one attached hydrogen (secondary N) is 2. The van der Waals surface area contributed by atoms with Gasteiger partial charge in [0, 0.05) is 29.9 Å². The van der Waals surface area contributed by atoms with E-state index in [0.29, 0.717) is 0 Å². The monoisotopic (exact) mass is 284 g/mol. The van der Waals surface area contributed by atoms with Crippen LogP contribution in [0.4, 0.5) is 11.5 Å². The number of benzene rings is 1. The molecule has 0 atom stereocenters. The zero-order chi connectivity index (χ0) is 14.8. The molecule has 2 N–H and O–H groups in total. The summed E-state index contributed by atoms with van der Waals surface area (Å²) in [5, 5.41) is 10.6. The minimum Gasteiger partial charge on any atom is -0.385 e. The molecule has 0 unspecified atom stereocenters. The molecule has 0 radical (unpaired) electrons. The van der Waals surface area contributed by atoms with Crippen LogP contribution < -0.4 is 10.6 Å². The van der Waals surface area contributed by atoms with Crippen LogP contribution in [0.3, 0.4) is 0 Å². The molecule has 0 aliphatic carbocycles. The number of anilines is 2. The highest BCUT2D eigenvalue weighted by Crippen LogP contribution is 2.26. The van der Waals surface area contributed by atoms with Crippen molar-refractivity contribution in [2.75, 3.05) is 17.2 Å². The molecule has 2 heterocycles. The molecule has 110 valence electrons. The Hall–Kier alpha value is -2.30. The Morgan fingerprint density at radius 3 is 3.05 bits per heavy atom. The van der Waals surface area contributed by atoms with E-state index in [1.54, 1.807) is 6.20 Å². The van der Waals surface area contributed by atoms with Gasteiger partial charge in [-0.05, 0) is 44.4 Å². The van der Waals surface area contributed by atoms with Crippen LogP contribution in [0.5, 0.6) is 0 Å². The van der Waals surface area contributed by atoms with Gasteiger partial charge in [-0.3, -0.25) is 4.79 Å². The van der Waals surface area contributed by atoms with E-state index >= 15 is 0 Å². The van der Waals surface area contributed by atoms with E-state index in [1.165, 1.54) is 0 Å². The molecule has 21 heavy (non-hydrogen) atoms. The highest BCUT2D eigenvalue weighted by atomic mass is 16.1. The summed E-state index contributed by atoms with van der Waals surface area (Å²) in [4.78, 5) is 12.6. The first-order valence-corrected chi connectivity index (χ1v) is 7.37. The molecule has 1 aliphatic rings. The summed E-state index contributed by atoms with van der Waals surface area (Å²) in [6, 6.07) is 7.87. The lowest BCUT2D eigenvalue weighted by Crippen LogP contribution is -2.21. The second-order valence-electron chi connectivity index (χ2n) is 5.57. The van der Waals surface area contributed by atoms with Gasteiger partial charge < -0.3 is 10.6 Å². The summed E-state index contributed by atoms with van der Waals surface area (Å²) in [5.74, 6) is 0.661. The van der Waals surface area contributed by atoms with Crippen molar-refractivity contribution in [3.63, 3.8) is 0 Å². The first-order valence-electron chi connectivity index (χ1n) is 7.37. The number of carbonyl (C=O) groups excluding carboxylic acids is 1. The van der Waals surface area contributed by atoms with Crippen molar-refractivity contribution in [2.24, 2.45) is 0 Å². The predicted molar refractivity (Wildman–Crippen MR) is 83.8 cm³/mol. The van der Waals surface area contributed by atoms with Gasteiger partial charge in [0.1, 0.15) is 5.82 Å². The molecule has 1 aromatic heterocycles.